The minimum Gasteiger partial charge on any atom is -0.369 e. The summed E-state index contributed by atoms with van der Waals surface area (Å²) in [5, 5.41) is 8.10. The predicted molar refractivity (Wildman–Crippen MR) is 105 cm³/mol. The molecule has 0 saturated heterocycles. The molecule has 3 heterocycles. The summed E-state index contributed by atoms with van der Waals surface area (Å²) in [4.78, 5) is 20.4. The number of benzene rings is 1. The molecule has 1 aliphatic carbocycles. The van der Waals surface area contributed by atoms with Gasteiger partial charge in [0.1, 0.15) is 11.9 Å². The third kappa shape index (κ3) is 2.94. The van der Waals surface area contributed by atoms with Crippen LogP contribution in [0.25, 0.3) is 28.1 Å². The lowest BCUT2D eigenvalue weighted by atomic mass is 10.0. The molecular weight excluding hydrogens is 375 g/mol. The van der Waals surface area contributed by atoms with Gasteiger partial charge in [-0.15, -0.1) is 0 Å². The first-order chi connectivity index (χ1) is 14.1. The van der Waals surface area contributed by atoms with E-state index in [9.17, 15) is 9.18 Å². The van der Waals surface area contributed by atoms with Gasteiger partial charge in [-0.3, -0.25) is 0 Å². The fraction of sp³-hybridized carbons (Fsp3) is 0.300. The standard InChI is InChI=1S/C20H19FN6O2/c1-26-10-22-18-19(23-12-4-5-12)24-17-8-15(25-27(17)20(18)26)11-3-6-14(21)13(7-11)16(9-28)29-2/h3,6-10,12,16H,4-5H2,1-2H3,(H,23,24). The lowest BCUT2D eigenvalue weighted by molar-refractivity contribution is -0.116. The molecule has 1 saturated carbocycles. The quantitative estimate of drug-likeness (QED) is 0.506. The molecule has 148 valence electrons. The third-order valence-electron chi connectivity index (χ3n) is 5.14. The summed E-state index contributed by atoms with van der Waals surface area (Å²) in [5.41, 5.74) is 3.68. The second-order valence-electron chi connectivity index (χ2n) is 7.23. The largest absolute Gasteiger partial charge is 0.369 e. The Bertz CT molecular complexity index is 1240. The number of anilines is 1. The number of ether oxygens (including phenoxy) is 1. The second-order valence-corrected chi connectivity index (χ2v) is 7.23. The molecule has 0 amide bonds. The van der Waals surface area contributed by atoms with Gasteiger partial charge in [-0.2, -0.15) is 9.61 Å². The molecule has 0 aliphatic heterocycles. The van der Waals surface area contributed by atoms with Crippen molar-refractivity contribution in [1.82, 2.24) is 24.1 Å². The van der Waals surface area contributed by atoms with E-state index in [1.165, 1.54) is 13.2 Å². The fourth-order valence-corrected chi connectivity index (χ4v) is 3.45. The number of methoxy groups -OCH3 is 1. The summed E-state index contributed by atoms with van der Waals surface area (Å²) in [6.07, 6.45) is 3.59. The van der Waals surface area contributed by atoms with Crippen LogP contribution in [0.5, 0.6) is 0 Å². The highest BCUT2D eigenvalue weighted by atomic mass is 19.1. The van der Waals surface area contributed by atoms with Crippen LogP contribution >= 0.6 is 0 Å². The predicted octanol–water partition coefficient (Wildman–Crippen LogP) is 2.88. The molecule has 1 N–H and O–H groups in total. The minimum atomic E-state index is -0.969. The summed E-state index contributed by atoms with van der Waals surface area (Å²) in [6, 6.07) is 6.80. The summed E-state index contributed by atoms with van der Waals surface area (Å²) in [7, 11) is 3.27. The number of aldehydes is 1. The van der Waals surface area contributed by atoms with Crippen LogP contribution < -0.4 is 5.32 Å². The van der Waals surface area contributed by atoms with Crippen molar-refractivity contribution in [3.63, 3.8) is 0 Å². The number of carbonyl (C=O) groups is 1. The lowest BCUT2D eigenvalue weighted by Crippen LogP contribution is -2.07. The summed E-state index contributed by atoms with van der Waals surface area (Å²) < 4.78 is 22.9. The van der Waals surface area contributed by atoms with Crippen LogP contribution in [0.4, 0.5) is 10.2 Å². The Morgan fingerprint density at radius 2 is 2.17 bits per heavy atom. The summed E-state index contributed by atoms with van der Waals surface area (Å²) in [6.45, 7) is 0. The van der Waals surface area contributed by atoms with Crippen LogP contribution in [0.3, 0.4) is 0 Å². The van der Waals surface area contributed by atoms with Gasteiger partial charge in [0.15, 0.2) is 28.9 Å². The van der Waals surface area contributed by atoms with E-state index in [-0.39, 0.29) is 5.56 Å². The average Bonchev–Trinajstić information content (AvgIpc) is 3.29. The Morgan fingerprint density at radius 3 is 2.90 bits per heavy atom. The van der Waals surface area contributed by atoms with Gasteiger partial charge in [-0.1, -0.05) is 0 Å². The number of imidazole rings is 1. The van der Waals surface area contributed by atoms with Gasteiger partial charge in [0, 0.05) is 37.4 Å². The monoisotopic (exact) mass is 394 g/mol. The van der Waals surface area contributed by atoms with Crippen molar-refractivity contribution in [3.05, 3.63) is 42.0 Å². The molecule has 0 spiro atoms. The summed E-state index contributed by atoms with van der Waals surface area (Å²) in [5.74, 6) is 0.238. The van der Waals surface area contributed by atoms with Gasteiger partial charge < -0.3 is 19.4 Å². The van der Waals surface area contributed by atoms with Gasteiger partial charge in [0.05, 0.1) is 12.0 Å². The van der Waals surface area contributed by atoms with E-state index in [4.69, 9.17) is 9.72 Å². The number of carbonyl (C=O) groups excluding carboxylic acids is 1. The Morgan fingerprint density at radius 1 is 1.34 bits per heavy atom. The van der Waals surface area contributed by atoms with Crippen molar-refractivity contribution in [3.8, 4) is 11.3 Å². The molecule has 29 heavy (non-hydrogen) atoms. The molecule has 1 aromatic carbocycles. The maximum Gasteiger partial charge on any atom is 0.167 e. The normalized spacial score (nSPS) is 15.1. The number of aryl methyl sites for hydroxylation is 1. The van der Waals surface area contributed by atoms with E-state index >= 15 is 0 Å². The Hall–Kier alpha value is -3.33. The zero-order chi connectivity index (χ0) is 20.1. The first-order valence-electron chi connectivity index (χ1n) is 9.34. The molecular formula is C20H19FN6O2. The van der Waals surface area contributed by atoms with Crippen LogP contribution in [-0.4, -0.2) is 43.6 Å². The average molecular weight is 394 g/mol. The van der Waals surface area contributed by atoms with E-state index in [1.807, 2.05) is 17.7 Å². The van der Waals surface area contributed by atoms with E-state index in [0.29, 0.717) is 29.2 Å². The molecule has 0 radical (unpaired) electrons. The zero-order valence-corrected chi connectivity index (χ0v) is 16.0. The topological polar surface area (TPSA) is 86.3 Å². The van der Waals surface area contributed by atoms with Crippen molar-refractivity contribution in [2.75, 3.05) is 12.4 Å². The Balaban J connectivity index is 1.67. The molecule has 9 heteroatoms. The second kappa shape index (κ2) is 6.63. The molecule has 5 rings (SSSR count). The van der Waals surface area contributed by atoms with Gasteiger partial charge in [-0.25, -0.2) is 14.4 Å². The number of fused-ring (bicyclic) bond motifs is 3. The SMILES string of the molecule is COC(C=O)c1cc(-c2cc3nc(NC4CC4)c4ncn(C)c4n3n2)ccc1F. The van der Waals surface area contributed by atoms with Crippen LogP contribution in [0.1, 0.15) is 24.5 Å². The number of halogens is 1. The van der Waals surface area contributed by atoms with Crippen LogP contribution in [0, 0.1) is 5.82 Å². The molecule has 1 unspecified atom stereocenters. The van der Waals surface area contributed by atoms with Crippen molar-refractivity contribution >= 4 is 28.9 Å². The van der Waals surface area contributed by atoms with E-state index in [1.54, 1.807) is 23.0 Å². The Labute approximate surface area is 165 Å². The number of nitrogens with one attached hydrogen (secondary N) is 1. The fourth-order valence-electron chi connectivity index (χ4n) is 3.45. The van der Waals surface area contributed by atoms with Gasteiger partial charge >= 0.3 is 0 Å². The lowest BCUT2D eigenvalue weighted by Gasteiger charge is -2.10. The molecule has 1 atom stereocenters. The zero-order valence-electron chi connectivity index (χ0n) is 16.0. The Kier molecular flexibility index (Phi) is 4.06. The van der Waals surface area contributed by atoms with E-state index < -0.39 is 11.9 Å². The highest BCUT2D eigenvalue weighted by Gasteiger charge is 2.24. The third-order valence-corrected chi connectivity index (χ3v) is 5.14. The maximum absolute atomic E-state index is 14.2. The van der Waals surface area contributed by atoms with E-state index in [0.717, 1.165) is 29.8 Å². The van der Waals surface area contributed by atoms with Crippen molar-refractivity contribution in [2.24, 2.45) is 7.05 Å². The van der Waals surface area contributed by atoms with Crippen molar-refractivity contribution < 1.29 is 13.9 Å². The minimum absolute atomic E-state index is 0.173. The molecule has 3 aromatic heterocycles. The van der Waals surface area contributed by atoms with Crippen molar-refractivity contribution in [1.29, 1.82) is 0 Å². The maximum atomic E-state index is 14.2. The first kappa shape index (κ1) is 17.7. The summed E-state index contributed by atoms with van der Waals surface area (Å²) >= 11 is 0. The van der Waals surface area contributed by atoms with Gasteiger partial charge in [0.2, 0.25) is 0 Å². The van der Waals surface area contributed by atoms with Crippen LogP contribution in [0.2, 0.25) is 0 Å². The molecule has 4 aromatic rings. The van der Waals surface area contributed by atoms with Gasteiger partial charge in [0.25, 0.3) is 0 Å². The molecule has 0 bridgehead atoms. The molecule has 1 fully saturated rings. The molecule has 8 nitrogen and oxygen atoms in total. The highest BCUT2D eigenvalue weighted by Crippen LogP contribution is 2.31. The van der Waals surface area contributed by atoms with Crippen LogP contribution in [0.15, 0.2) is 30.6 Å². The molecule has 1 aliphatic rings. The van der Waals surface area contributed by atoms with Gasteiger partial charge in [-0.05, 0) is 31.0 Å². The number of hydrogen-bond acceptors (Lipinski definition) is 6. The highest BCUT2D eigenvalue weighted by molar-refractivity contribution is 5.86. The van der Waals surface area contributed by atoms with E-state index in [2.05, 4.69) is 15.4 Å². The number of aromatic nitrogens is 5. The van der Waals surface area contributed by atoms with Crippen molar-refractivity contribution in [2.45, 2.75) is 25.0 Å². The number of nitrogens with zero attached hydrogens (tertiary/aromatic N) is 5. The first-order valence-corrected chi connectivity index (χ1v) is 9.34. The number of rotatable bonds is 6. The number of hydrogen-bond donors (Lipinski definition) is 1. The van der Waals surface area contributed by atoms with Crippen LogP contribution in [-0.2, 0) is 16.6 Å². The smallest absolute Gasteiger partial charge is 0.167 e.